The van der Waals surface area contributed by atoms with Crippen LogP contribution in [0.2, 0.25) is 0 Å². The van der Waals surface area contributed by atoms with Gasteiger partial charge in [-0.05, 0) is 79.6 Å². The van der Waals surface area contributed by atoms with Gasteiger partial charge < -0.3 is 4.89 Å². The number of hydrogen-bond acceptors (Lipinski definition) is 3. The van der Waals surface area contributed by atoms with E-state index >= 15 is 0 Å². The van der Waals surface area contributed by atoms with Gasteiger partial charge in [-0.25, -0.2) is 5.48 Å². The Morgan fingerprint density at radius 2 is 1.37 bits per heavy atom. The Hall–Kier alpha value is -1.42. The standard InChI is InChI=1S/C24H42NO4P/c1-7-23(30(27)28)24(26)25-29-18-17-22(6)16-10-15-21(5)14-9-13-20(4)12-8-11-19(2)3/h11,13,15,17,23,30H,7-10,12,14,16,18H2,1-6H3,(H,25,26)(H,27,28). The zero-order chi connectivity index (χ0) is 22.9. The van der Waals surface area contributed by atoms with E-state index in [-0.39, 0.29) is 6.61 Å². The molecule has 0 radical (unpaired) electrons. The highest BCUT2D eigenvalue weighted by Gasteiger charge is 2.21. The van der Waals surface area contributed by atoms with Crippen LogP contribution in [0.1, 0.15) is 86.5 Å². The summed E-state index contributed by atoms with van der Waals surface area (Å²) in [5.41, 5.74) is 6.81. The lowest BCUT2D eigenvalue weighted by molar-refractivity contribution is -0.132. The second kappa shape index (κ2) is 17.3. The van der Waals surface area contributed by atoms with Gasteiger partial charge in [0.15, 0.2) is 0 Å². The lowest BCUT2D eigenvalue weighted by atomic mass is 10.0. The van der Waals surface area contributed by atoms with Crippen molar-refractivity contribution in [2.24, 2.45) is 0 Å². The fourth-order valence-electron chi connectivity index (χ4n) is 2.83. The molecule has 0 rings (SSSR count). The van der Waals surface area contributed by atoms with Gasteiger partial charge in [-0.15, -0.1) is 0 Å². The molecule has 172 valence electrons. The van der Waals surface area contributed by atoms with Crippen molar-refractivity contribution in [1.29, 1.82) is 0 Å². The second-order valence-corrected chi connectivity index (χ2v) is 9.50. The number of allylic oxidation sites excluding steroid dienone is 7. The van der Waals surface area contributed by atoms with Crippen molar-refractivity contribution >= 4 is 13.9 Å². The first kappa shape index (κ1) is 28.6. The maximum Gasteiger partial charge on any atom is 0.256 e. The van der Waals surface area contributed by atoms with E-state index in [0.717, 1.165) is 38.5 Å². The van der Waals surface area contributed by atoms with Crippen molar-refractivity contribution in [3.8, 4) is 0 Å². The van der Waals surface area contributed by atoms with Crippen LogP contribution in [0, 0.1) is 0 Å². The maximum absolute atomic E-state index is 11.7. The van der Waals surface area contributed by atoms with Crippen LogP contribution < -0.4 is 5.48 Å². The van der Waals surface area contributed by atoms with Crippen LogP contribution in [0.4, 0.5) is 0 Å². The minimum Gasteiger partial charge on any atom is -0.346 e. The quantitative estimate of drug-likeness (QED) is 0.133. The summed E-state index contributed by atoms with van der Waals surface area (Å²) in [6.07, 6.45) is 15.5. The Bertz CT molecular complexity index is 658. The van der Waals surface area contributed by atoms with Crippen LogP contribution in [-0.4, -0.2) is 23.1 Å². The molecule has 0 aliphatic carbocycles. The minimum atomic E-state index is -2.88. The summed E-state index contributed by atoms with van der Waals surface area (Å²) in [7, 11) is -2.88. The molecule has 1 amide bonds. The van der Waals surface area contributed by atoms with Gasteiger partial charge in [0, 0.05) is 0 Å². The van der Waals surface area contributed by atoms with Crippen LogP contribution in [0.3, 0.4) is 0 Å². The predicted molar refractivity (Wildman–Crippen MR) is 128 cm³/mol. The molecule has 0 aromatic heterocycles. The zero-order valence-corrected chi connectivity index (χ0v) is 20.7. The Morgan fingerprint density at radius 3 is 1.80 bits per heavy atom. The van der Waals surface area contributed by atoms with E-state index < -0.39 is 19.6 Å². The molecule has 0 saturated heterocycles. The molecular weight excluding hydrogens is 397 g/mol. The van der Waals surface area contributed by atoms with Crippen LogP contribution >= 0.6 is 8.03 Å². The summed E-state index contributed by atoms with van der Waals surface area (Å²) in [5.74, 6) is -0.533. The van der Waals surface area contributed by atoms with E-state index in [0.29, 0.717) is 6.42 Å². The lowest BCUT2D eigenvalue weighted by Gasteiger charge is -2.11. The molecule has 2 unspecified atom stereocenters. The Balaban J connectivity index is 4.10. The third-order valence-electron chi connectivity index (χ3n) is 4.86. The van der Waals surface area contributed by atoms with E-state index in [1.807, 2.05) is 13.0 Å². The van der Waals surface area contributed by atoms with E-state index in [9.17, 15) is 9.36 Å². The van der Waals surface area contributed by atoms with Gasteiger partial charge in [0.05, 0.1) is 6.61 Å². The molecule has 30 heavy (non-hydrogen) atoms. The monoisotopic (exact) mass is 439 g/mol. The summed E-state index contributed by atoms with van der Waals surface area (Å²) in [4.78, 5) is 25.9. The van der Waals surface area contributed by atoms with Gasteiger partial charge in [-0.3, -0.25) is 14.2 Å². The molecule has 0 aromatic rings. The molecule has 0 aliphatic rings. The number of hydrogen-bond donors (Lipinski definition) is 2. The van der Waals surface area contributed by atoms with Gasteiger partial charge in [0.2, 0.25) is 8.03 Å². The highest BCUT2D eigenvalue weighted by Crippen LogP contribution is 2.25. The molecule has 0 saturated carbocycles. The Labute approximate surface area is 184 Å². The average molecular weight is 440 g/mol. The molecule has 0 aromatic carbocycles. The van der Waals surface area contributed by atoms with Crippen LogP contribution in [0.15, 0.2) is 46.6 Å². The van der Waals surface area contributed by atoms with Crippen molar-refractivity contribution < 1.29 is 19.1 Å². The zero-order valence-electron chi connectivity index (χ0n) is 19.7. The summed E-state index contributed by atoms with van der Waals surface area (Å²) in [6.45, 7) is 12.7. The van der Waals surface area contributed by atoms with Crippen molar-refractivity contribution in [2.45, 2.75) is 92.1 Å². The third-order valence-corrected chi connectivity index (χ3v) is 6.13. The first-order chi connectivity index (χ1) is 14.2. The van der Waals surface area contributed by atoms with Crippen molar-refractivity contribution in [2.75, 3.05) is 6.61 Å². The highest BCUT2D eigenvalue weighted by molar-refractivity contribution is 7.40. The smallest absolute Gasteiger partial charge is 0.256 e. The molecule has 0 aliphatic heterocycles. The molecule has 6 heteroatoms. The van der Waals surface area contributed by atoms with E-state index in [1.165, 1.54) is 22.3 Å². The van der Waals surface area contributed by atoms with E-state index in [2.05, 4.69) is 51.4 Å². The van der Waals surface area contributed by atoms with E-state index in [1.54, 1.807) is 6.92 Å². The first-order valence-corrected chi connectivity index (χ1v) is 12.3. The largest absolute Gasteiger partial charge is 0.346 e. The average Bonchev–Trinajstić information content (AvgIpc) is 2.65. The Morgan fingerprint density at radius 1 is 0.900 bits per heavy atom. The molecule has 0 fully saturated rings. The van der Waals surface area contributed by atoms with Crippen LogP contribution in [-0.2, 0) is 14.2 Å². The SMILES string of the molecule is CCC(C(=O)NOCC=C(C)CCC=C(C)CCC=C(C)CCC=C(C)C)[PH](=O)O. The molecular formula is C24H42NO4P. The van der Waals surface area contributed by atoms with Gasteiger partial charge in [0.1, 0.15) is 5.66 Å². The minimum absolute atomic E-state index is 0.250. The van der Waals surface area contributed by atoms with Gasteiger partial charge in [0.25, 0.3) is 5.91 Å². The van der Waals surface area contributed by atoms with Crippen molar-refractivity contribution in [3.05, 3.63) is 46.6 Å². The maximum atomic E-state index is 11.7. The number of hydroxylamine groups is 1. The number of rotatable bonds is 15. The molecule has 2 atom stereocenters. The normalized spacial score (nSPS) is 15.0. The van der Waals surface area contributed by atoms with Gasteiger partial charge in [-0.2, -0.15) is 0 Å². The van der Waals surface area contributed by atoms with Gasteiger partial charge >= 0.3 is 0 Å². The summed E-state index contributed by atoms with van der Waals surface area (Å²) < 4.78 is 11.1. The molecule has 2 N–H and O–H groups in total. The highest BCUT2D eigenvalue weighted by atomic mass is 31.1. The summed E-state index contributed by atoms with van der Waals surface area (Å²) in [6, 6.07) is 0. The number of amides is 1. The van der Waals surface area contributed by atoms with Gasteiger partial charge in [-0.1, -0.05) is 53.5 Å². The fourth-order valence-corrected chi connectivity index (χ4v) is 3.46. The number of carbonyl (C=O) groups excluding carboxylic acids is 1. The third kappa shape index (κ3) is 15.4. The second-order valence-electron chi connectivity index (χ2n) is 8.13. The molecule has 0 spiro atoms. The lowest BCUT2D eigenvalue weighted by Crippen LogP contribution is -2.32. The van der Waals surface area contributed by atoms with Crippen LogP contribution in [0.25, 0.3) is 0 Å². The molecule has 0 bridgehead atoms. The Kier molecular flexibility index (Phi) is 16.5. The summed E-state index contributed by atoms with van der Waals surface area (Å²) >= 11 is 0. The first-order valence-electron chi connectivity index (χ1n) is 10.9. The predicted octanol–water partition coefficient (Wildman–Crippen LogP) is 6.43. The number of nitrogens with one attached hydrogen (secondary N) is 1. The fraction of sp³-hybridized carbons (Fsp3) is 0.625. The van der Waals surface area contributed by atoms with Crippen molar-refractivity contribution in [1.82, 2.24) is 5.48 Å². The molecule has 5 nitrogen and oxygen atoms in total. The topological polar surface area (TPSA) is 75.6 Å². The number of carbonyl (C=O) groups is 1. The molecule has 0 heterocycles. The summed E-state index contributed by atoms with van der Waals surface area (Å²) in [5, 5.41) is 0. The van der Waals surface area contributed by atoms with E-state index in [4.69, 9.17) is 9.73 Å². The van der Waals surface area contributed by atoms with Crippen molar-refractivity contribution in [3.63, 3.8) is 0 Å². The van der Waals surface area contributed by atoms with Crippen LogP contribution in [0.5, 0.6) is 0 Å².